The molecule has 0 aliphatic carbocycles. The van der Waals surface area contributed by atoms with Gasteiger partial charge in [-0.15, -0.1) is 13.2 Å². The Morgan fingerprint density at radius 1 is 1.06 bits per heavy atom. The van der Waals surface area contributed by atoms with E-state index in [4.69, 9.17) is 10.5 Å². The van der Waals surface area contributed by atoms with Crippen LogP contribution in [-0.4, -0.2) is 17.5 Å². The number of ketones is 1. The van der Waals surface area contributed by atoms with Crippen molar-refractivity contribution < 1.29 is 14.6 Å². The highest BCUT2D eigenvalue weighted by Gasteiger charge is 2.31. The molecule has 3 N–H and O–H groups in total. The summed E-state index contributed by atoms with van der Waals surface area (Å²) in [5.41, 5.74) is 7.94. The number of carbonyl (C=O) groups excluding carboxylic acids is 1. The molecule has 0 aromatic heterocycles. The van der Waals surface area contributed by atoms with Gasteiger partial charge in [0.25, 0.3) is 0 Å². The molecule has 0 atom stereocenters. The molecule has 4 nitrogen and oxygen atoms in total. The minimum absolute atomic E-state index is 0.0679. The standard InChI is InChI=1S/C27H33NO3/c1-8-26(4,5)21-17-22(27(6,7)9-2)25(31-10-3)20(24(21)30)15-16-23(29)18-11-13-19(28)14-12-18/h8-9,11-17,30H,1-2,10,28H2,3-7H3. The summed E-state index contributed by atoms with van der Waals surface area (Å²) >= 11 is 0. The Balaban J connectivity index is 2.75. The van der Waals surface area contributed by atoms with Gasteiger partial charge >= 0.3 is 0 Å². The van der Waals surface area contributed by atoms with Crippen molar-refractivity contribution in [3.8, 4) is 11.5 Å². The SMILES string of the molecule is C=CC(C)(C)c1cc(C(C)(C)C=C)c(OCC)c(C=CC(=O)c2ccc(N)cc2)c1O. The van der Waals surface area contributed by atoms with Gasteiger partial charge in [-0.1, -0.05) is 39.8 Å². The predicted octanol–water partition coefficient (Wildman–Crippen LogP) is 6.20. The Bertz CT molecular complexity index is 1010. The van der Waals surface area contributed by atoms with Crippen LogP contribution in [0.4, 0.5) is 5.69 Å². The van der Waals surface area contributed by atoms with E-state index in [9.17, 15) is 9.90 Å². The second-order valence-corrected chi connectivity index (χ2v) is 8.67. The number of ether oxygens (including phenoxy) is 1. The van der Waals surface area contributed by atoms with Gasteiger partial charge in [-0.05, 0) is 49.4 Å². The molecule has 31 heavy (non-hydrogen) atoms. The van der Waals surface area contributed by atoms with Crippen LogP contribution in [0.5, 0.6) is 11.5 Å². The van der Waals surface area contributed by atoms with Crippen molar-refractivity contribution in [1.82, 2.24) is 0 Å². The maximum absolute atomic E-state index is 12.7. The molecule has 0 amide bonds. The van der Waals surface area contributed by atoms with Crippen LogP contribution in [0.25, 0.3) is 6.08 Å². The highest BCUT2D eigenvalue weighted by Crippen LogP contribution is 2.46. The van der Waals surface area contributed by atoms with Gasteiger partial charge < -0.3 is 15.6 Å². The van der Waals surface area contributed by atoms with Gasteiger partial charge in [-0.25, -0.2) is 0 Å². The van der Waals surface area contributed by atoms with Crippen molar-refractivity contribution in [1.29, 1.82) is 0 Å². The quantitative estimate of drug-likeness (QED) is 0.220. The largest absolute Gasteiger partial charge is 0.507 e. The van der Waals surface area contributed by atoms with Gasteiger partial charge in [0.2, 0.25) is 0 Å². The molecule has 0 heterocycles. The Morgan fingerprint density at radius 3 is 2.13 bits per heavy atom. The number of carbonyl (C=O) groups is 1. The Morgan fingerprint density at radius 2 is 1.61 bits per heavy atom. The molecule has 0 spiro atoms. The van der Waals surface area contributed by atoms with E-state index in [0.717, 1.165) is 5.56 Å². The van der Waals surface area contributed by atoms with Crippen LogP contribution in [-0.2, 0) is 10.8 Å². The molecule has 4 heteroatoms. The van der Waals surface area contributed by atoms with E-state index in [-0.39, 0.29) is 11.5 Å². The molecule has 0 bridgehead atoms. The summed E-state index contributed by atoms with van der Waals surface area (Å²) in [6.07, 6.45) is 6.70. The minimum Gasteiger partial charge on any atom is -0.507 e. The summed E-state index contributed by atoms with van der Waals surface area (Å²) in [4.78, 5) is 12.7. The molecular weight excluding hydrogens is 386 g/mol. The minimum atomic E-state index is -0.496. The molecule has 0 aliphatic rings. The van der Waals surface area contributed by atoms with Crippen LogP contribution in [0.15, 0.2) is 61.7 Å². The second kappa shape index (κ2) is 9.25. The van der Waals surface area contributed by atoms with E-state index in [0.29, 0.717) is 34.7 Å². The number of allylic oxidation sites excluding steroid dienone is 3. The summed E-state index contributed by atoms with van der Waals surface area (Å²) in [7, 11) is 0. The number of phenolic OH excluding ortho intramolecular Hbond substituents is 1. The van der Waals surface area contributed by atoms with Crippen LogP contribution in [0.3, 0.4) is 0 Å². The van der Waals surface area contributed by atoms with Gasteiger partial charge in [0.05, 0.1) is 12.2 Å². The molecule has 0 fully saturated rings. The lowest BCUT2D eigenvalue weighted by atomic mass is 9.76. The highest BCUT2D eigenvalue weighted by atomic mass is 16.5. The molecule has 2 rings (SSSR count). The van der Waals surface area contributed by atoms with Crippen LogP contribution < -0.4 is 10.5 Å². The van der Waals surface area contributed by atoms with Crippen molar-refractivity contribution in [2.45, 2.75) is 45.4 Å². The lowest BCUT2D eigenvalue weighted by Crippen LogP contribution is -2.20. The lowest BCUT2D eigenvalue weighted by Gasteiger charge is -2.30. The predicted molar refractivity (Wildman–Crippen MR) is 130 cm³/mol. The number of nitrogen functional groups attached to an aromatic ring is 1. The smallest absolute Gasteiger partial charge is 0.185 e. The molecule has 2 aromatic rings. The number of hydrogen-bond donors (Lipinski definition) is 2. The topological polar surface area (TPSA) is 72.5 Å². The first kappa shape index (κ1) is 24.0. The average Bonchev–Trinajstić information content (AvgIpc) is 2.73. The normalized spacial score (nSPS) is 12.0. The van der Waals surface area contributed by atoms with Gasteiger partial charge in [0.1, 0.15) is 11.5 Å². The molecular formula is C27H33NO3. The average molecular weight is 420 g/mol. The van der Waals surface area contributed by atoms with Crippen LogP contribution in [0.1, 0.15) is 61.7 Å². The molecule has 0 radical (unpaired) electrons. The van der Waals surface area contributed by atoms with Gasteiger partial charge in [0.15, 0.2) is 5.78 Å². The molecule has 0 unspecified atom stereocenters. The number of aromatic hydroxyl groups is 1. The number of rotatable bonds is 9. The zero-order valence-electron chi connectivity index (χ0n) is 19.2. The molecule has 0 aliphatic heterocycles. The number of anilines is 1. The summed E-state index contributed by atoms with van der Waals surface area (Å²) < 4.78 is 5.98. The highest BCUT2D eigenvalue weighted by molar-refractivity contribution is 6.07. The van der Waals surface area contributed by atoms with Crippen molar-refractivity contribution in [2.75, 3.05) is 12.3 Å². The number of benzene rings is 2. The van der Waals surface area contributed by atoms with E-state index in [1.165, 1.54) is 6.08 Å². The first-order valence-electron chi connectivity index (χ1n) is 10.4. The fourth-order valence-corrected chi connectivity index (χ4v) is 3.22. The fourth-order valence-electron chi connectivity index (χ4n) is 3.22. The zero-order chi connectivity index (χ0) is 23.4. The lowest BCUT2D eigenvalue weighted by molar-refractivity contribution is 0.104. The first-order valence-corrected chi connectivity index (χ1v) is 10.4. The number of phenols is 1. The van der Waals surface area contributed by atoms with Crippen LogP contribution >= 0.6 is 0 Å². The monoisotopic (exact) mass is 419 g/mol. The van der Waals surface area contributed by atoms with Gasteiger partial charge in [-0.2, -0.15) is 0 Å². The third-order valence-electron chi connectivity index (χ3n) is 5.58. The van der Waals surface area contributed by atoms with Gasteiger partial charge in [0, 0.05) is 33.2 Å². The van der Waals surface area contributed by atoms with Crippen molar-refractivity contribution in [3.63, 3.8) is 0 Å². The van der Waals surface area contributed by atoms with E-state index >= 15 is 0 Å². The number of hydrogen-bond acceptors (Lipinski definition) is 4. The first-order chi connectivity index (χ1) is 14.5. The van der Waals surface area contributed by atoms with Crippen LogP contribution in [0.2, 0.25) is 0 Å². The maximum atomic E-state index is 12.7. The van der Waals surface area contributed by atoms with E-state index in [2.05, 4.69) is 13.2 Å². The third-order valence-corrected chi connectivity index (χ3v) is 5.58. The summed E-state index contributed by atoms with van der Waals surface area (Å²) in [6, 6.07) is 8.66. The Hall–Kier alpha value is -3.27. The number of nitrogens with two attached hydrogens (primary N) is 1. The maximum Gasteiger partial charge on any atom is 0.185 e. The van der Waals surface area contributed by atoms with E-state index in [1.807, 2.05) is 46.8 Å². The molecule has 164 valence electrons. The third kappa shape index (κ3) is 5.08. The van der Waals surface area contributed by atoms with Crippen LogP contribution in [0, 0.1) is 0 Å². The van der Waals surface area contributed by atoms with Crippen molar-refractivity contribution in [3.05, 3.63) is 84.0 Å². The summed E-state index contributed by atoms with van der Waals surface area (Å²) in [6.45, 7) is 18.2. The molecule has 2 aromatic carbocycles. The van der Waals surface area contributed by atoms with E-state index in [1.54, 1.807) is 36.4 Å². The van der Waals surface area contributed by atoms with Crippen molar-refractivity contribution >= 4 is 17.5 Å². The van der Waals surface area contributed by atoms with Gasteiger partial charge in [-0.3, -0.25) is 4.79 Å². The zero-order valence-corrected chi connectivity index (χ0v) is 19.2. The fraction of sp³-hybridized carbons (Fsp3) is 0.296. The molecule has 0 saturated heterocycles. The second-order valence-electron chi connectivity index (χ2n) is 8.67. The molecule has 0 saturated carbocycles. The van der Waals surface area contributed by atoms with E-state index < -0.39 is 10.8 Å². The van der Waals surface area contributed by atoms with Crippen molar-refractivity contribution in [2.24, 2.45) is 0 Å². The summed E-state index contributed by atoms with van der Waals surface area (Å²) in [5, 5.41) is 11.2. The summed E-state index contributed by atoms with van der Waals surface area (Å²) in [5.74, 6) is 0.410. The Kier molecular flexibility index (Phi) is 7.17. The Labute approximate surface area is 185 Å².